The Hall–Kier alpha value is -0.660. The summed E-state index contributed by atoms with van der Waals surface area (Å²) in [5, 5.41) is 3.83. The Morgan fingerprint density at radius 3 is 2.60 bits per heavy atom. The van der Waals surface area contributed by atoms with Crippen molar-refractivity contribution in [2.24, 2.45) is 5.92 Å². The van der Waals surface area contributed by atoms with Crippen LogP contribution in [0, 0.1) is 5.92 Å². The number of hydrogen-bond donors (Lipinski definition) is 1. The van der Waals surface area contributed by atoms with Gasteiger partial charge in [0, 0.05) is 11.4 Å². The molecule has 7 heteroatoms. The molecule has 1 aromatic heterocycles. The maximum atomic E-state index is 12.0. The predicted octanol–water partition coefficient (Wildman–Crippen LogP) is 3.53. The van der Waals surface area contributed by atoms with Crippen molar-refractivity contribution in [2.75, 3.05) is 13.2 Å². The second-order valence-electron chi connectivity index (χ2n) is 4.96. The van der Waals surface area contributed by atoms with Crippen LogP contribution in [0.1, 0.15) is 36.3 Å². The van der Waals surface area contributed by atoms with E-state index in [1.54, 1.807) is 0 Å². The molecule has 0 fully saturated rings. The highest BCUT2D eigenvalue weighted by atomic mass is 32.1. The molecule has 0 spiro atoms. The Labute approximate surface area is 121 Å². The highest BCUT2D eigenvalue weighted by Crippen LogP contribution is 2.23. The Morgan fingerprint density at radius 2 is 2.05 bits per heavy atom. The summed E-state index contributed by atoms with van der Waals surface area (Å²) in [6, 6.07) is 0. The van der Waals surface area contributed by atoms with Crippen molar-refractivity contribution in [3.8, 4) is 0 Å². The summed E-state index contributed by atoms with van der Waals surface area (Å²) in [5.74, 6) is 0.460. The highest BCUT2D eigenvalue weighted by Gasteiger charge is 2.27. The van der Waals surface area contributed by atoms with Gasteiger partial charge in [-0.25, -0.2) is 4.98 Å². The van der Waals surface area contributed by atoms with Gasteiger partial charge in [-0.15, -0.1) is 11.3 Å². The normalized spacial score (nSPS) is 12.3. The summed E-state index contributed by atoms with van der Waals surface area (Å²) in [7, 11) is 0. The van der Waals surface area contributed by atoms with Crippen LogP contribution < -0.4 is 5.32 Å². The fourth-order valence-corrected chi connectivity index (χ4v) is 2.68. The lowest BCUT2D eigenvalue weighted by molar-refractivity contribution is -0.176. The van der Waals surface area contributed by atoms with E-state index in [2.05, 4.69) is 28.9 Å². The minimum absolute atomic E-state index is 0.0819. The first-order chi connectivity index (χ1) is 9.31. The Balaban J connectivity index is 2.64. The van der Waals surface area contributed by atoms with Crippen molar-refractivity contribution >= 4 is 11.3 Å². The summed E-state index contributed by atoms with van der Waals surface area (Å²) in [6.45, 7) is 6.44. The molecule has 1 rings (SSSR count). The van der Waals surface area contributed by atoms with Gasteiger partial charge in [0.2, 0.25) is 0 Å². The first-order valence-electron chi connectivity index (χ1n) is 6.64. The lowest BCUT2D eigenvalue weighted by atomic mass is 10.1. The number of hydrogen-bond acceptors (Lipinski definition) is 4. The third-order valence-electron chi connectivity index (χ3n) is 2.45. The topological polar surface area (TPSA) is 34.1 Å². The molecular formula is C13H21F3N2OS. The quantitative estimate of drug-likeness (QED) is 0.797. The van der Waals surface area contributed by atoms with E-state index < -0.39 is 12.8 Å². The fourth-order valence-electron chi connectivity index (χ4n) is 1.68. The van der Waals surface area contributed by atoms with E-state index in [1.807, 2.05) is 6.92 Å². The molecular weight excluding hydrogens is 289 g/mol. The van der Waals surface area contributed by atoms with E-state index in [0.29, 0.717) is 17.5 Å². The SMILES string of the molecule is CCNCc1sc(COCC(F)(F)F)nc1CC(C)C. The van der Waals surface area contributed by atoms with Gasteiger partial charge in [0.05, 0.1) is 12.3 Å². The van der Waals surface area contributed by atoms with E-state index in [4.69, 9.17) is 0 Å². The number of halogens is 3. The molecule has 116 valence electrons. The van der Waals surface area contributed by atoms with Crippen molar-refractivity contribution in [3.05, 3.63) is 15.6 Å². The average Bonchev–Trinajstić information content (AvgIpc) is 2.66. The molecule has 0 amide bonds. The van der Waals surface area contributed by atoms with Crippen molar-refractivity contribution < 1.29 is 17.9 Å². The van der Waals surface area contributed by atoms with Crippen LogP contribution in [-0.4, -0.2) is 24.3 Å². The minimum Gasteiger partial charge on any atom is -0.365 e. The summed E-state index contributed by atoms with van der Waals surface area (Å²) in [4.78, 5) is 5.50. The van der Waals surface area contributed by atoms with Gasteiger partial charge in [-0.05, 0) is 18.9 Å². The molecule has 1 heterocycles. The van der Waals surface area contributed by atoms with Crippen LogP contribution in [0.25, 0.3) is 0 Å². The van der Waals surface area contributed by atoms with Crippen molar-refractivity contribution in [3.63, 3.8) is 0 Å². The Bertz CT molecular complexity index is 405. The zero-order valence-corrected chi connectivity index (χ0v) is 12.8. The van der Waals surface area contributed by atoms with Crippen LogP contribution in [0.3, 0.4) is 0 Å². The molecule has 0 bridgehead atoms. The second-order valence-corrected chi connectivity index (χ2v) is 6.13. The van der Waals surface area contributed by atoms with E-state index >= 15 is 0 Å². The Morgan fingerprint density at radius 1 is 1.35 bits per heavy atom. The monoisotopic (exact) mass is 310 g/mol. The van der Waals surface area contributed by atoms with Crippen LogP contribution in [-0.2, 0) is 24.3 Å². The Kier molecular flexibility index (Phi) is 6.91. The van der Waals surface area contributed by atoms with Crippen LogP contribution in [0.4, 0.5) is 13.2 Å². The number of rotatable bonds is 8. The molecule has 20 heavy (non-hydrogen) atoms. The summed E-state index contributed by atoms with van der Waals surface area (Å²) >= 11 is 1.43. The molecule has 0 aliphatic carbocycles. The van der Waals surface area contributed by atoms with Gasteiger partial charge in [-0.1, -0.05) is 20.8 Å². The number of nitrogens with zero attached hydrogens (tertiary/aromatic N) is 1. The van der Waals surface area contributed by atoms with Gasteiger partial charge in [0.15, 0.2) is 0 Å². The molecule has 0 atom stereocenters. The molecule has 0 saturated carbocycles. The van der Waals surface area contributed by atoms with Crippen LogP contribution in [0.2, 0.25) is 0 Å². The maximum absolute atomic E-state index is 12.0. The molecule has 0 saturated heterocycles. The van der Waals surface area contributed by atoms with Gasteiger partial charge in [-0.2, -0.15) is 13.2 Å². The maximum Gasteiger partial charge on any atom is 0.411 e. The highest BCUT2D eigenvalue weighted by molar-refractivity contribution is 7.11. The second kappa shape index (κ2) is 7.95. The van der Waals surface area contributed by atoms with Gasteiger partial charge >= 0.3 is 6.18 Å². The molecule has 0 unspecified atom stereocenters. The zero-order chi connectivity index (χ0) is 15.2. The summed E-state index contributed by atoms with van der Waals surface area (Å²) in [5.41, 5.74) is 0.969. The number of aromatic nitrogens is 1. The van der Waals surface area contributed by atoms with Crippen LogP contribution in [0.15, 0.2) is 0 Å². The lowest BCUT2D eigenvalue weighted by Crippen LogP contribution is -2.16. The minimum atomic E-state index is -4.29. The number of nitrogens with one attached hydrogen (secondary N) is 1. The van der Waals surface area contributed by atoms with Crippen molar-refractivity contribution in [1.82, 2.24) is 10.3 Å². The molecule has 0 aromatic carbocycles. The molecule has 1 aromatic rings. The smallest absolute Gasteiger partial charge is 0.365 e. The average molecular weight is 310 g/mol. The number of alkyl halides is 3. The molecule has 0 aliphatic rings. The fraction of sp³-hybridized carbons (Fsp3) is 0.769. The van der Waals surface area contributed by atoms with Gasteiger partial charge in [0.1, 0.15) is 11.6 Å². The first-order valence-corrected chi connectivity index (χ1v) is 7.46. The first kappa shape index (κ1) is 17.4. The number of thiazole rings is 1. The molecule has 0 radical (unpaired) electrons. The molecule has 1 N–H and O–H groups in total. The third kappa shape index (κ3) is 6.67. The third-order valence-corrected chi connectivity index (χ3v) is 3.52. The van der Waals surface area contributed by atoms with Crippen LogP contribution in [0.5, 0.6) is 0 Å². The largest absolute Gasteiger partial charge is 0.411 e. The lowest BCUT2D eigenvalue weighted by Gasteiger charge is -2.05. The van der Waals surface area contributed by atoms with E-state index in [1.165, 1.54) is 11.3 Å². The standard InChI is InChI=1S/C13H21F3N2OS/c1-4-17-6-11-10(5-9(2)3)18-12(20-11)7-19-8-13(14,15)16/h9,17H,4-8H2,1-3H3. The van der Waals surface area contributed by atoms with E-state index in [0.717, 1.165) is 23.5 Å². The molecule has 3 nitrogen and oxygen atoms in total. The number of ether oxygens (including phenoxy) is 1. The van der Waals surface area contributed by atoms with E-state index in [9.17, 15) is 13.2 Å². The summed E-state index contributed by atoms with van der Waals surface area (Å²) in [6.07, 6.45) is -3.46. The van der Waals surface area contributed by atoms with Crippen LogP contribution >= 0.6 is 11.3 Å². The van der Waals surface area contributed by atoms with Gasteiger partial charge in [0.25, 0.3) is 0 Å². The molecule has 0 aliphatic heterocycles. The van der Waals surface area contributed by atoms with Gasteiger partial charge in [-0.3, -0.25) is 0 Å². The summed E-state index contributed by atoms with van der Waals surface area (Å²) < 4.78 is 40.8. The van der Waals surface area contributed by atoms with Crippen molar-refractivity contribution in [2.45, 2.75) is 46.5 Å². The van der Waals surface area contributed by atoms with E-state index in [-0.39, 0.29) is 6.61 Å². The zero-order valence-electron chi connectivity index (χ0n) is 12.0. The van der Waals surface area contributed by atoms with Crippen molar-refractivity contribution in [1.29, 1.82) is 0 Å². The van der Waals surface area contributed by atoms with Gasteiger partial charge < -0.3 is 10.1 Å². The predicted molar refractivity (Wildman–Crippen MR) is 73.7 cm³/mol.